The molecule has 0 saturated carbocycles. The molecule has 24 heavy (non-hydrogen) atoms. The smallest absolute Gasteiger partial charge is 0.123 e. The zero-order valence-electron chi connectivity index (χ0n) is 13.2. The van der Waals surface area contributed by atoms with Gasteiger partial charge in [-0.1, -0.05) is 12.1 Å². The quantitative estimate of drug-likeness (QED) is 0.668. The molecular formula is C18H20ClFN4. The number of pyridine rings is 1. The summed E-state index contributed by atoms with van der Waals surface area (Å²) in [7, 11) is 0. The van der Waals surface area contributed by atoms with Crippen molar-refractivity contribution in [3.63, 3.8) is 0 Å². The summed E-state index contributed by atoms with van der Waals surface area (Å²) < 4.78 is 15.0. The van der Waals surface area contributed by atoms with Gasteiger partial charge in [0, 0.05) is 18.6 Å². The number of benzene rings is 1. The largest absolute Gasteiger partial charge is 0.316 e. The summed E-state index contributed by atoms with van der Waals surface area (Å²) in [6, 6.07) is 8.86. The molecule has 3 rings (SSSR count). The van der Waals surface area contributed by atoms with Crippen LogP contribution in [0.4, 0.5) is 4.39 Å². The SMILES string of the molecule is Cl.Fc1cccc(CCNCCc2cncc(-n3ccnc3)c2)c1. The molecule has 1 N–H and O–H groups in total. The van der Waals surface area contributed by atoms with Crippen LogP contribution in [-0.4, -0.2) is 27.6 Å². The van der Waals surface area contributed by atoms with Gasteiger partial charge in [0.15, 0.2) is 0 Å². The van der Waals surface area contributed by atoms with E-state index in [9.17, 15) is 4.39 Å². The van der Waals surface area contributed by atoms with E-state index in [1.807, 2.05) is 29.2 Å². The minimum atomic E-state index is -0.176. The summed E-state index contributed by atoms with van der Waals surface area (Å²) >= 11 is 0. The van der Waals surface area contributed by atoms with E-state index in [0.717, 1.165) is 37.2 Å². The van der Waals surface area contributed by atoms with E-state index in [-0.39, 0.29) is 18.2 Å². The molecule has 0 amide bonds. The molecule has 2 heterocycles. The molecule has 0 aliphatic carbocycles. The molecule has 0 aliphatic heterocycles. The van der Waals surface area contributed by atoms with Crippen molar-refractivity contribution in [1.29, 1.82) is 0 Å². The second-order valence-electron chi connectivity index (χ2n) is 5.40. The highest BCUT2D eigenvalue weighted by molar-refractivity contribution is 5.85. The molecule has 4 nitrogen and oxygen atoms in total. The van der Waals surface area contributed by atoms with Gasteiger partial charge in [0.25, 0.3) is 0 Å². The van der Waals surface area contributed by atoms with Gasteiger partial charge < -0.3 is 9.88 Å². The van der Waals surface area contributed by atoms with Crippen molar-refractivity contribution in [1.82, 2.24) is 19.9 Å². The fraction of sp³-hybridized carbons (Fsp3) is 0.222. The first-order chi connectivity index (χ1) is 11.3. The number of imidazole rings is 1. The maximum Gasteiger partial charge on any atom is 0.123 e. The lowest BCUT2D eigenvalue weighted by molar-refractivity contribution is 0.622. The summed E-state index contributed by atoms with van der Waals surface area (Å²) in [5.74, 6) is -0.176. The number of hydrogen-bond donors (Lipinski definition) is 1. The molecule has 6 heteroatoms. The highest BCUT2D eigenvalue weighted by Crippen LogP contribution is 2.08. The Morgan fingerprint density at radius 3 is 2.58 bits per heavy atom. The lowest BCUT2D eigenvalue weighted by Crippen LogP contribution is -2.20. The van der Waals surface area contributed by atoms with Gasteiger partial charge in [-0.15, -0.1) is 12.4 Å². The van der Waals surface area contributed by atoms with Gasteiger partial charge in [-0.05, 0) is 55.3 Å². The maximum atomic E-state index is 13.1. The number of rotatable bonds is 7. The van der Waals surface area contributed by atoms with E-state index in [1.165, 1.54) is 11.6 Å². The van der Waals surface area contributed by atoms with Crippen LogP contribution in [0.15, 0.2) is 61.4 Å². The van der Waals surface area contributed by atoms with Crippen LogP contribution in [0.1, 0.15) is 11.1 Å². The first kappa shape index (κ1) is 18.1. The molecule has 126 valence electrons. The van der Waals surface area contributed by atoms with Gasteiger partial charge >= 0.3 is 0 Å². The second-order valence-corrected chi connectivity index (χ2v) is 5.40. The Kier molecular flexibility index (Phi) is 6.90. The lowest BCUT2D eigenvalue weighted by Gasteiger charge is -2.07. The summed E-state index contributed by atoms with van der Waals surface area (Å²) in [6.07, 6.45) is 10.8. The van der Waals surface area contributed by atoms with E-state index in [1.54, 1.807) is 24.7 Å². The maximum absolute atomic E-state index is 13.1. The summed E-state index contributed by atoms with van der Waals surface area (Å²) in [4.78, 5) is 8.32. The molecule has 2 aromatic heterocycles. The first-order valence-electron chi connectivity index (χ1n) is 7.69. The topological polar surface area (TPSA) is 42.7 Å². The van der Waals surface area contributed by atoms with E-state index in [4.69, 9.17) is 0 Å². The average molecular weight is 347 g/mol. The molecule has 0 radical (unpaired) electrons. The Hall–Kier alpha value is -2.24. The van der Waals surface area contributed by atoms with Gasteiger partial charge in [0.1, 0.15) is 5.82 Å². The minimum absolute atomic E-state index is 0. The van der Waals surface area contributed by atoms with Gasteiger partial charge in [0.2, 0.25) is 0 Å². The Labute approximate surface area is 147 Å². The summed E-state index contributed by atoms with van der Waals surface area (Å²) in [5, 5.41) is 3.39. The Morgan fingerprint density at radius 1 is 1.00 bits per heavy atom. The van der Waals surface area contributed by atoms with Crippen molar-refractivity contribution in [2.75, 3.05) is 13.1 Å². The van der Waals surface area contributed by atoms with Crippen molar-refractivity contribution in [2.45, 2.75) is 12.8 Å². The standard InChI is InChI=1S/C18H19FN4.ClH/c19-17-3-1-2-15(10-17)4-6-20-7-5-16-11-18(13-22-12-16)23-9-8-21-14-23;/h1-3,8-14,20H,4-7H2;1H. The Balaban J connectivity index is 0.00000208. The molecule has 0 aliphatic rings. The van der Waals surface area contributed by atoms with Crippen LogP contribution in [0.5, 0.6) is 0 Å². The fourth-order valence-electron chi connectivity index (χ4n) is 2.45. The molecule has 0 bridgehead atoms. The van der Waals surface area contributed by atoms with Crippen molar-refractivity contribution in [3.8, 4) is 5.69 Å². The predicted octanol–water partition coefficient (Wildman–Crippen LogP) is 3.20. The van der Waals surface area contributed by atoms with Crippen molar-refractivity contribution < 1.29 is 4.39 Å². The monoisotopic (exact) mass is 346 g/mol. The third-order valence-electron chi connectivity index (χ3n) is 3.65. The molecule has 3 aromatic rings. The molecule has 0 spiro atoms. The zero-order valence-corrected chi connectivity index (χ0v) is 14.0. The molecule has 1 aromatic carbocycles. The Bertz CT molecular complexity index is 746. The van der Waals surface area contributed by atoms with Crippen LogP contribution in [0.3, 0.4) is 0 Å². The van der Waals surface area contributed by atoms with Crippen molar-refractivity contribution in [3.05, 3.63) is 78.4 Å². The first-order valence-corrected chi connectivity index (χ1v) is 7.69. The van der Waals surface area contributed by atoms with Gasteiger partial charge in [0.05, 0.1) is 18.2 Å². The van der Waals surface area contributed by atoms with E-state index < -0.39 is 0 Å². The number of nitrogens with one attached hydrogen (secondary N) is 1. The average Bonchev–Trinajstić information content (AvgIpc) is 3.09. The van der Waals surface area contributed by atoms with Crippen LogP contribution >= 0.6 is 12.4 Å². The third kappa shape index (κ3) is 5.15. The van der Waals surface area contributed by atoms with Crippen LogP contribution in [0.25, 0.3) is 5.69 Å². The van der Waals surface area contributed by atoms with Crippen LogP contribution < -0.4 is 5.32 Å². The van der Waals surface area contributed by atoms with Crippen LogP contribution in [0, 0.1) is 5.82 Å². The van der Waals surface area contributed by atoms with Crippen molar-refractivity contribution >= 4 is 12.4 Å². The highest BCUT2D eigenvalue weighted by atomic mass is 35.5. The van der Waals surface area contributed by atoms with Gasteiger partial charge in [-0.3, -0.25) is 4.98 Å². The fourth-order valence-corrected chi connectivity index (χ4v) is 2.45. The van der Waals surface area contributed by atoms with Gasteiger partial charge in [-0.25, -0.2) is 9.37 Å². The molecule has 0 unspecified atom stereocenters. The minimum Gasteiger partial charge on any atom is -0.316 e. The van der Waals surface area contributed by atoms with Crippen LogP contribution in [-0.2, 0) is 12.8 Å². The van der Waals surface area contributed by atoms with E-state index >= 15 is 0 Å². The number of nitrogens with zero attached hydrogens (tertiary/aromatic N) is 3. The van der Waals surface area contributed by atoms with E-state index in [0.29, 0.717) is 0 Å². The molecule has 0 saturated heterocycles. The molecule has 0 atom stereocenters. The Morgan fingerprint density at radius 2 is 1.83 bits per heavy atom. The number of halogens is 2. The number of aromatic nitrogens is 3. The number of hydrogen-bond acceptors (Lipinski definition) is 3. The predicted molar refractivity (Wildman–Crippen MR) is 95.3 cm³/mol. The lowest BCUT2D eigenvalue weighted by atomic mass is 10.1. The normalized spacial score (nSPS) is 10.4. The van der Waals surface area contributed by atoms with Crippen molar-refractivity contribution in [2.24, 2.45) is 0 Å². The third-order valence-corrected chi connectivity index (χ3v) is 3.65. The van der Waals surface area contributed by atoms with Crippen LogP contribution in [0.2, 0.25) is 0 Å². The van der Waals surface area contributed by atoms with Gasteiger partial charge in [-0.2, -0.15) is 0 Å². The van der Waals surface area contributed by atoms with E-state index in [2.05, 4.69) is 21.4 Å². The zero-order chi connectivity index (χ0) is 15.9. The highest BCUT2D eigenvalue weighted by Gasteiger charge is 2.00. The molecule has 0 fully saturated rings. The summed E-state index contributed by atoms with van der Waals surface area (Å²) in [6.45, 7) is 1.70. The summed E-state index contributed by atoms with van der Waals surface area (Å²) in [5.41, 5.74) is 3.20. The molecular weight excluding hydrogens is 327 g/mol. The second kappa shape index (κ2) is 9.15.